The third-order valence-electron chi connectivity index (χ3n) is 3.90. The summed E-state index contributed by atoms with van der Waals surface area (Å²) in [5, 5.41) is 0. The number of allylic oxidation sites excluding steroid dienone is 4. The molecule has 2 aliphatic rings. The van der Waals surface area contributed by atoms with Crippen LogP contribution in [0.4, 0.5) is 5.69 Å². The topological polar surface area (TPSA) is 23.6 Å². The minimum absolute atomic E-state index is 0.00242. The number of hydrogen-bond acceptors (Lipinski definition) is 4. The van der Waals surface area contributed by atoms with E-state index in [0.717, 1.165) is 12.1 Å². The van der Waals surface area contributed by atoms with E-state index in [4.69, 9.17) is 12.2 Å². The number of amides is 1. The Morgan fingerprint density at radius 3 is 2.65 bits per heavy atom. The molecule has 23 heavy (non-hydrogen) atoms. The van der Waals surface area contributed by atoms with E-state index in [9.17, 15) is 4.79 Å². The van der Waals surface area contributed by atoms with Crippen LogP contribution in [0.5, 0.6) is 0 Å². The fourth-order valence-electron chi connectivity index (χ4n) is 2.68. The maximum Gasteiger partial charge on any atom is 0.266 e. The van der Waals surface area contributed by atoms with E-state index < -0.39 is 0 Å². The van der Waals surface area contributed by atoms with Crippen LogP contribution in [0.3, 0.4) is 0 Å². The summed E-state index contributed by atoms with van der Waals surface area (Å²) >= 11 is 6.62. The van der Waals surface area contributed by atoms with Gasteiger partial charge in [-0.25, -0.2) is 0 Å². The van der Waals surface area contributed by atoms with Crippen molar-refractivity contribution in [3.63, 3.8) is 0 Å². The highest BCUT2D eigenvalue weighted by Crippen LogP contribution is 2.34. The number of nitrogens with zero attached hydrogens (tertiary/aromatic N) is 2. The van der Waals surface area contributed by atoms with Gasteiger partial charge in [0.1, 0.15) is 4.32 Å². The van der Waals surface area contributed by atoms with E-state index in [0.29, 0.717) is 15.8 Å². The summed E-state index contributed by atoms with van der Waals surface area (Å²) in [7, 11) is 0. The van der Waals surface area contributed by atoms with E-state index in [-0.39, 0.29) is 5.91 Å². The van der Waals surface area contributed by atoms with Crippen molar-refractivity contribution in [1.82, 2.24) is 4.90 Å². The number of thiocarbonyl (C=S) groups is 1. The fourth-order valence-corrected chi connectivity index (χ4v) is 4.01. The van der Waals surface area contributed by atoms with Crippen LogP contribution in [0.1, 0.15) is 19.4 Å². The van der Waals surface area contributed by atoms with E-state index in [1.165, 1.54) is 23.0 Å². The number of rotatable bonds is 3. The number of anilines is 1. The first-order chi connectivity index (χ1) is 11.2. The van der Waals surface area contributed by atoms with Gasteiger partial charge >= 0.3 is 0 Å². The first-order valence-electron chi connectivity index (χ1n) is 7.65. The Hall–Kier alpha value is -1.85. The standard InChI is InChI=1S/C18H18N2OS2/c1-3-19-12-11-13(14-7-5-6-8-15(14)19)9-10-16-17(21)20(4-2)18(22)23-16/h5-12H,3-4H2,1-2H3/b13-9?,16-10+. The van der Waals surface area contributed by atoms with Crippen molar-refractivity contribution in [2.24, 2.45) is 0 Å². The minimum atomic E-state index is 0.00242. The maximum absolute atomic E-state index is 12.3. The molecule has 0 aliphatic carbocycles. The van der Waals surface area contributed by atoms with Crippen LogP contribution in [-0.4, -0.2) is 28.2 Å². The quantitative estimate of drug-likeness (QED) is 0.607. The molecule has 2 aliphatic heterocycles. The smallest absolute Gasteiger partial charge is 0.266 e. The number of carbonyl (C=O) groups excluding carboxylic acids is 1. The zero-order chi connectivity index (χ0) is 16.4. The Kier molecular flexibility index (Phi) is 4.68. The summed E-state index contributed by atoms with van der Waals surface area (Å²) in [6.07, 6.45) is 8.06. The second-order valence-electron chi connectivity index (χ2n) is 5.19. The maximum atomic E-state index is 12.3. The highest BCUT2D eigenvalue weighted by Gasteiger charge is 2.30. The Morgan fingerprint density at radius 1 is 1.17 bits per heavy atom. The molecule has 3 rings (SSSR count). The molecule has 0 radical (unpaired) electrons. The van der Waals surface area contributed by atoms with Gasteiger partial charge in [0.05, 0.1) is 4.91 Å². The zero-order valence-electron chi connectivity index (χ0n) is 13.2. The van der Waals surface area contributed by atoms with Crippen molar-refractivity contribution in [2.45, 2.75) is 13.8 Å². The molecule has 0 saturated carbocycles. The third-order valence-corrected chi connectivity index (χ3v) is 5.30. The van der Waals surface area contributed by atoms with Gasteiger partial charge in [0.2, 0.25) is 0 Å². The highest BCUT2D eigenvalue weighted by molar-refractivity contribution is 8.26. The van der Waals surface area contributed by atoms with E-state index in [1.54, 1.807) is 4.90 Å². The summed E-state index contributed by atoms with van der Waals surface area (Å²) in [6, 6.07) is 8.31. The molecule has 1 aromatic rings. The number of benzene rings is 1. The number of carbonyl (C=O) groups is 1. The van der Waals surface area contributed by atoms with Crippen LogP contribution in [0.2, 0.25) is 0 Å². The zero-order valence-corrected chi connectivity index (χ0v) is 14.8. The van der Waals surface area contributed by atoms with Gasteiger partial charge in [-0.3, -0.25) is 9.69 Å². The number of thioether (sulfide) groups is 1. The van der Waals surface area contributed by atoms with Gasteiger partial charge in [0.15, 0.2) is 0 Å². The van der Waals surface area contributed by atoms with Gasteiger partial charge < -0.3 is 4.90 Å². The molecule has 118 valence electrons. The number of likely N-dealkylation sites (N-methyl/N-ethyl adjacent to an activating group) is 1. The Morgan fingerprint density at radius 2 is 1.96 bits per heavy atom. The molecule has 1 aromatic carbocycles. The summed E-state index contributed by atoms with van der Waals surface area (Å²) < 4.78 is 0.638. The van der Waals surface area contributed by atoms with E-state index >= 15 is 0 Å². The predicted molar refractivity (Wildman–Crippen MR) is 102 cm³/mol. The molecule has 1 saturated heterocycles. The summed E-state index contributed by atoms with van der Waals surface area (Å²) in [6.45, 7) is 5.61. The van der Waals surface area contributed by atoms with Gasteiger partial charge in [-0.05, 0) is 37.6 Å². The lowest BCUT2D eigenvalue weighted by atomic mass is 9.99. The van der Waals surface area contributed by atoms with Crippen LogP contribution in [0.25, 0.3) is 5.57 Å². The summed E-state index contributed by atoms with van der Waals surface area (Å²) in [5.41, 5.74) is 3.48. The lowest BCUT2D eigenvalue weighted by molar-refractivity contribution is -0.122. The summed E-state index contributed by atoms with van der Waals surface area (Å²) in [4.78, 5) is 16.8. The van der Waals surface area contributed by atoms with Gasteiger partial charge in [0.25, 0.3) is 5.91 Å². The molecule has 0 aromatic heterocycles. The normalized spacial score (nSPS) is 20.8. The van der Waals surface area contributed by atoms with Crippen molar-refractivity contribution in [3.05, 3.63) is 59.2 Å². The monoisotopic (exact) mass is 342 g/mol. The number of fused-ring (bicyclic) bond motifs is 1. The van der Waals surface area contributed by atoms with Crippen LogP contribution >= 0.6 is 24.0 Å². The molecule has 0 spiro atoms. The second-order valence-corrected chi connectivity index (χ2v) is 6.86. The predicted octanol–water partition coefficient (Wildman–Crippen LogP) is 4.19. The van der Waals surface area contributed by atoms with Crippen LogP contribution in [0.15, 0.2) is 53.6 Å². The van der Waals surface area contributed by atoms with Crippen molar-refractivity contribution < 1.29 is 4.79 Å². The van der Waals surface area contributed by atoms with Gasteiger partial charge in [-0.1, -0.05) is 48.3 Å². The van der Waals surface area contributed by atoms with Crippen LogP contribution in [-0.2, 0) is 4.79 Å². The van der Waals surface area contributed by atoms with Crippen molar-refractivity contribution in [3.8, 4) is 0 Å². The molecule has 0 bridgehead atoms. The minimum Gasteiger partial charge on any atom is -0.348 e. The molecule has 3 nitrogen and oxygen atoms in total. The molecule has 5 heteroatoms. The van der Waals surface area contributed by atoms with E-state index in [2.05, 4.69) is 36.2 Å². The second kappa shape index (κ2) is 6.72. The molecular weight excluding hydrogens is 324 g/mol. The largest absolute Gasteiger partial charge is 0.348 e. The third kappa shape index (κ3) is 2.99. The lowest BCUT2D eigenvalue weighted by Gasteiger charge is -2.26. The Balaban J connectivity index is 1.94. The first kappa shape index (κ1) is 16.0. The number of para-hydroxylation sites is 1. The average molecular weight is 342 g/mol. The van der Waals surface area contributed by atoms with Crippen molar-refractivity contribution in [1.29, 1.82) is 0 Å². The molecule has 0 unspecified atom stereocenters. The lowest BCUT2D eigenvalue weighted by Crippen LogP contribution is -2.27. The van der Waals surface area contributed by atoms with E-state index in [1.807, 2.05) is 31.2 Å². The SMILES string of the molecule is CCN1C(=O)/C(=C\C=C2C=CN(CC)c3ccccc32)SC1=S. The van der Waals surface area contributed by atoms with Gasteiger partial charge in [-0.2, -0.15) is 0 Å². The van der Waals surface area contributed by atoms with Gasteiger partial charge in [-0.15, -0.1) is 0 Å². The van der Waals surface area contributed by atoms with Crippen molar-refractivity contribution >= 4 is 45.5 Å². The van der Waals surface area contributed by atoms with Crippen molar-refractivity contribution in [2.75, 3.05) is 18.0 Å². The van der Waals surface area contributed by atoms with Gasteiger partial charge in [0, 0.05) is 30.5 Å². The highest BCUT2D eigenvalue weighted by atomic mass is 32.2. The molecular formula is C18H18N2OS2. The molecule has 2 heterocycles. The summed E-state index contributed by atoms with van der Waals surface area (Å²) in [5.74, 6) is 0.00242. The molecule has 1 amide bonds. The Labute approximate surface area is 146 Å². The average Bonchev–Trinajstić information content (AvgIpc) is 2.85. The molecule has 1 fully saturated rings. The number of hydrogen-bond donors (Lipinski definition) is 0. The van der Waals surface area contributed by atoms with Crippen LogP contribution in [0, 0.1) is 0 Å². The molecule has 0 N–H and O–H groups in total. The fraction of sp³-hybridized carbons (Fsp3) is 0.222. The molecule has 0 atom stereocenters. The first-order valence-corrected chi connectivity index (χ1v) is 8.88. The van der Waals surface area contributed by atoms with Crippen LogP contribution < -0.4 is 4.90 Å². The Bertz CT molecular complexity index is 749.